The van der Waals surface area contributed by atoms with E-state index in [1.54, 1.807) is 0 Å². The highest BCUT2D eigenvalue weighted by atomic mass is 16.1. The Hall–Kier alpha value is -2.62. The zero-order valence-corrected chi connectivity index (χ0v) is 13.7. The number of aromatic nitrogens is 2. The van der Waals surface area contributed by atoms with Crippen molar-refractivity contribution in [3.05, 3.63) is 59.7 Å². The molecular formula is C19H21N3O. The van der Waals surface area contributed by atoms with Crippen molar-refractivity contribution in [2.75, 3.05) is 5.73 Å². The van der Waals surface area contributed by atoms with Gasteiger partial charge in [-0.3, -0.25) is 4.79 Å². The van der Waals surface area contributed by atoms with Crippen molar-refractivity contribution in [3.8, 4) is 0 Å². The Bertz CT molecular complexity index is 857. The Morgan fingerprint density at radius 3 is 2.43 bits per heavy atom. The molecule has 118 valence electrons. The van der Waals surface area contributed by atoms with E-state index in [4.69, 9.17) is 5.73 Å². The lowest BCUT2D eigenvalue weighted by Gasteiger charge is -2.20. The summed E-state index contributed by atoms with van der Waals surface area (Å²) in [5.41, 5.74) is 9.19. The Kier molecular flexibility index (Phi) is 3.68. The second kappa shape index (κ2) is 5.54. The molecule has 1 heterocycles. The molecule has 0 amide bonds. The number of carbonyl (C=O) groups is 1. The quantitative estimate of drug-likeness (QED) is 0.747. The van der Waals surface area contributed by atoms with Crippen molar-refractivity contribution in [2.24, 2.45) is 5.41 Å². The number of nitrogens with two attached hydrogens (primary N) is 1. The molecule has 3 aromatic rings. The van der Waals surface area contributed by atoms with E-state index in [1.165, 1.54) is 0 Å². The zero-order valence-electron chi connectivity index (χ0n) is 13.7. The molecule has 0 atom stereocenters. The third kappa shape index (κ3) is 3.11. The van der Waals surface area contributed by atoms with Gasteiger partial charge in [-0.25, -0.2) is 4.98 Å². The molecular weight excluding hydrogens is 286 g/mol. The largest absolute Gasteiger partial charge is 0.369 e. The van der Waals surface area contributed by atoms with Gasteiger partial charge in [0.25, 0.3) is 0 Å². The van der Waals surface area contributed by atoms with Crippen LogP contribution >= 0.6 is 0 Å². The van der Waals surface area contributed by atoms with Gasteiger partial charge in [0.15, 0.2) is 5.78 Å². The third-order valence-electron chi connectivity index (χ3n) is 3.71. The number of hydrogen-bond donors (Lipinski definition) is 1. The molecule has 2 N–H and O–H groups in total. The average molecular weight is 307 g/mol. The second-order valence-electron chi connectivity index (χ2n) is 7.02. The second-order valence-corrected chi connectivity index (χ2v) is 7.02. The van der Waals surface area contributed by atoms with Crippen molar-refractivity contribution in [2.45, 2.75) is 27.3 Å². The summed E-state index contributed by atoms with van der Waals surface area (Å²) in [6.45, 7) is 7.20. The van der Waals surface area contributed by atoms with E-state index < -0.39 is 0 Å². The van der Waals surface area contributed by atoms with Crippen LogP contribution in [-0.4, -0.2) is 15.3 Å². The molecule has 2 aromatic carbocycles. The van der Waals surface area contributed by atoms with E-state index in [2.05, 4.69) is 25.8 Å². The molecule has 0 spiro atoms. The van der Waals surface area contributed by atoms with E-state index in [9.17, 15) is 4.79 Å². The topological polar surface area (TPSA) is 60.9 Å². The van der Waals surface area contributed by atoms with Crippen LogP contribution in [-0.2, 0) is 6.54 Å². The van der Waals surface area contributed by atoms with Gasteiger partial charge in [0.2, 0.25) is 5.95 Å². The first-order valence-corrected chi connectivity index (χ1v) is 7.71. The Morgan fingerprint density at radius 2 is 1.78 bits per heavy atom. The first-order valence-electron chi connectivity index (χ1n) is 7.71. The van der Waals surface area contributed by atoms with E-state index in [1.807, 2.05) is 53.1 Å². The minimum Gasteiger partial charge on any atom is -0.369 e. The molecule has 4 nitrogen and oxygen atoms in total. The fourth-order valence-corrected chi connectivity index (χ4v) is 2.68. The number of imidazole rings is 1. The maximum atomic E-state index is 12.6. The molecule has 0 fully saturated rings. The minimum absolute atomic E-state index is 0.00887. The zero-order chi connectivity index (χ0) is 16.6. The van der Waals surface area contributed by atoms with Gasteiger partial charge in [-0.1, -0.05) is 51.1 Å². The number of rotatable bonds is 3. The van der Waals surface area contributed by atoms with Gasteiger partial charge >= 0.3 is 0 Å². The summed E-state index contributed by atoms with van der Waals surface area (Å²) in [5.74, 6) is 0.494. The smallest absolute Gasteiger partial charge is 0.201 e. The SMILES string of the molecule is CC(C)(C)Cn1c(N)nc2ccc(C(=O)c3ccccc3)cc21. The number of fused-ring (bicyclic) bond motifs is 1. The number of hydrogen-bond acceptors (Lipinski definition) is 3. The molecule has 0 aliphatic rings. The summed E-state index contributed by atoms with van der Waals surface area (Å²) in [6, 6.07) is 14.9. The maximum absolute atomic E-state index is 12.6. The highest BCUT2D eigenvalue weighted by Crippen LogP contribution is 2.25. The van der Waals surface area contributed by atoms with Crippen LogP contribution in [0.25, 0.3) is 11.0 Å². The summed E-state index contributed by atoms with van der Waals surface area (Å²) in [5, 5.41) is 0. The first-order chi connectivity index (χ1) is 10.8. The van der Waals surface area contributed by atoms with Crippen molar-refractivity contribution in [1.82, 2.24) is 9.55 Å². The number of nitrogen functional groups attached to an aromatic ring is 1. The number of nitrogens with zero attached hydrogens (tertiary/aromatic N) is 2. The van der Waals surface area contributed by atoms with Crippen LogP contribution in [0.4, 0.5) is 5.95 Å². The lowest BCUT2D eigenvalue weighted by Crippen LogP contribution is -2.17. The summed E-state index contributed by atoms with van der Waals surface area (Å²) in [4.78, 5) is 17.0. The maximum Gasteiger partial charge on any atom is 0.201 e. The van der Waals surface area contributed by atoms with Crippen LogP contribution < -0.4 is 5.73 Å². The standard InChI is InChI=1S/C19H21N3O/c1-19(2,3)12-22-16-11-14(9-10-15(16)21-18(22)20)17(23)13-7-5-4-6-8-13/h4-11H,12H2,1-3H3,(H2,20,21). The average Bonchev–Trinajstić information content (AvgIpc) is 2.81. The van der Waals surface area contributed by atoms with E-state index in [0.717, 1.165) is 17.6 Å². The molecule has 0 unspecified atom stereocenters. The fourth-order valence-electron chi connectivity index (χ4n) is 2.68. The number of carbonyl (C=O) groups excluding carboxylic acids is 1. The van der Waals surface area contributed by atoms with Crippen molar-refractivity contribution in [3.63, 3.8) is 0 Å². The Morgan fingerprint density at radius 1 is 1.09 bits per heavy atom. The van der Waals surface area contributed by atoms with Gasteiger partial charge in [-0.05, 0) is 23.6 Å². The third-order valence-corrected chi connectivity index (χ3v) is 3.71. The molecule has 0 saturated heterocycles. The highest BCUT2D eigenvalue weighted by molar-refractivity contribution is 6.10. The summed E-state index contributed by atoms with van der Waals surface area (Å²) in [6.07, 6.45) is 0. The molecule has 1 aromatic heterocycles. The molecule has 0 aliphatic heterocycles. The number of benzene rings is 2. The predicted molar refractivity (Wildman–Crippen MR) is 93.5 cm³/mol. The normalized spacial score (nSPS) is 11.8. The summed E-state index contributed by atoms with van der Waals surface area (Å²) >= 11 is 0. The minimum atomic E-state index is 0.00887. The van der Waals surface area contributed by atoms with Crippen LogP contribution in [0.3, 0.4) is 0 Å². The number of anilines is 1. The van der Waals surface area contributed by atoms with Crippen molar-refractivity contribution >= 4 is 22.8 Å². The predicted octanol–water partition coefficient (Wildman–Crippen LogP) is 3.90. The van der Waals surface area contributed by atoms with Crippen LogP contribution in [0.15, 0.2) is 48.5 Å². The van der Waals surface area contributed by atoms with Crippen LogP contribution in [0.1, 0.15) is 36.7 Å². The fraction of sp³-hybridized carbons (Fsp3) is 0.263. The summed E-state index contributed by atoms with van der Waals surface area (Å²) < 4.78 is 1.98. The number of ketones is 1. The molecule has 0 radical (unpaired) electrons. The van der Waals surface area contributed by atoms with Gasteiger partial charge in [0.1, 0.15) is 0 Å². The Labute approximate surface area is 136 Å². The summed E-state index contributed by atoms with van der Waals surface area (Å²) in [7, 11) is 0. The molecule has 23 heavy (non-hydrogen) atoms. The van der Waals surface area contributed by atoms with Gasteiger partial charge in [-0.2, -0.15) is 0 Å². The van der Waals surface area contributed by atoms with E-state index >= 15 is 0 Å². The lowest BCUT2D eigenvalue weighted by atomic mass is 9.96. The Balaban J connectivity index is 2.08. The van der Waals surface area contributed by atoms with Crippen LogP contribution in [0.2, 0.25) is 0 Å². The van der Waals surface area contributed by atoms with Gasteiger partial charge < -0.3 is 10.3 Å². The molecule has 0 bridgehead atoms. The van der Waals surface area contributed by atoms with E-state index in [-0.39, 0.29) is 11.2 Å². The van der Waals surface area contributed by atoms with Crippen molar-refractivity contribution < 1.29 is 4.79 Å². The van der Waals surface area contributed by atoms with Crippen LogP contribution in [0.5, 0.6) is 0 Å². The highest BCUT2D eigenvalue weighted by Gasteiger charge is 2.18. The van der Waals surface area contributed by atoms with Gasteiger partial charge in [-0.15, -0.1) is 0 Å². The van der Waals surface area contributed by atoms with Crippen molar-refractivity contribution in [1.29, 1.82) is 0 Å². The van der Waals surface area contributed by atoms with Crippen LogP contribution in [0, 0.1) is 5.41 Å². The van der Waals surface area contributed by atoms with E-state index in [0.29, 0.717) is 17.1 Å². The molecule has 0 aliphatic carbocycles. The first kappa shape index (κ1) is 15.3. The van der Waals surface area contributed by atoms with Gasteiger partial charge in [0.05, 0.1) is 11.0 Å². The molecule has 3 rings (SSSR count). The van der Waals surface area contributed by atoms with Gasteiger partial charge in [0, 0.05) is 17.7 Å². The lowest BCUT2D eigenvalue weighted by molar-refractivity contribution is 0.103. The monoisotopic (exact) mass is 307 g/mol. The molecule has 4 heteroatoms. The molecule has 0 saturated carbocycles.